The van der Waals surface area contributed by atoms with Crippen LogP contribution in [0.15, 0.2) is 23.8 Å². The summed E-state index contributed by atoms with van der Waals surface area (Å²) in [6, 6.07) is 3.17. The third-order valence-electron chi connectivity index (χ3n) is 11.0. The Balaban J connectivity index is 1.17. The summed E-state index contributed by atoms with van der Waals surface area (Å²) >= 11 is 0. The predicted octanol–water partition coefficient (Wildman–Crippen LogP) is 5.77. The second kappa shape index (κ2) is 8.62. The minimum absolute atomic E-state index is 0.109. The van der Waals surface area contributed by atoms with Gasteiger partial charge in [-0.15, -0.1) is 0 Å². The van der Waals surface area contributed by atoms with Gasteiger partial charge in [-0.2, -0.15) is 0 Å². The van der Waals surface area contributed by atoms with Gasteiger partial charge in [0.2, 0.25) is 5.75 Å². The maximum absolute atomic E-state index is 11.3. The van der Waals surface area contributed by atoms with Gasteiger partial charge in [0.1, 0.15) is 0 Å². The van der Waals surface area contributed by atoms with E-state index in [4.69, 9.17) is 9.68 Å². The molecule has 0 bridgehead atoms. The Bertz CT molecular complexity index is 1090. The number of benzene rings is 1. The number of rotatable bonds is 5. The van der Waals surface area contributed by atoms with Crippen LogP contribution in [0.2, 0.25) is 0 Å². The molecule has 36 heavy (non-hydrogen) atoms. The number of aliphatic hydroxyl groups is 1. The van der Waals surface area contributed by atoms with Gasteiger partial charge in [-0.3, -0.25) is 10.1 Å². The number of allylic oxidation sites excluding steroid dienone is 1. The normalized spacial score (nSPS) is 39.4. The third kappa shape index (κ3) is 3.55. The van der Waals surface area contributed by atoms with Crippen molar-refractivity contribution in [3.63, 3.8) is 0 Å². The van der Waals surface area contributed by atoms with Crippen LogP contribution < -0.4 is 20.6 Å². The topological polar surface area (TPSA) is 106 Å². The molecule has 0 spiro atoms. The van der Waals surface area contributed by atoms with Crippen LogP contribution in [0.1, 0.15) is 72.1 Å². The van der Waals surface area contributed by atoms with Gasteiger partial charge in [0.25, 0.3) is 5.75 Å². The second-order valence-corrected chi connectivity index (χ2v) is 12.6. The fraction of sp³-hybridized carbons (Fsp3) is 0.714. The van der Waals surface area contributed by atoms with Crippen molar-refractivity contribution in [1.29, 1.82) is 0 Å². The summed E-state index contributed by atoms with van der Waals surface area (Å²) in [6.07, 6.45) is 11.7. The van der Waals surface area contributed by atoms with Crippen LogP contribution in [0.4, 0.5) is 11.4 Å². The molecular weight excluding hydrogens is 458 g/mol. The monoisotopic (exact) mass is 497 g/mol. The van der Waals surface area contributed by atoms with Gasteiger partial charge < -0.3 is 20.1 Å². The standard InChI is InChI=1S/C28H39N3O5/c1-16(15-29-23-8-9-24(31(33)34)26-25(23)35-30-36-26)20-6-7-21-19-5-4-17-14-18(32)10-12-27(17,2)22(19)11-13-28(20,21)3/h4,8-9,16,18-22,29-30,32H,5-7,10-15H2,1-3H3. The minimum atomic E-state index is -0.462. The van der Waals surface area contributed by atoms with E-state index < -0.39 is 4.92 Å². The van der Waals surface area contributed by atoms with Crippen LogP contribution in [0.5, 0.6) is 11.5 Å². The Kier molecular flexibility index (Phi) is 5.76. The molecule has 5 aliphatic rings. The molecule has 0 saturated heterocycles. The lowest BCUT2D eigenvalue weighted by atomic mass is 9.47. The SMILES string of the molecule is CC(CNc1ccc([N+](=O)[O-])c2c1ONO2)C1CCC2C3CC=C4CC(O)CCC4(C)C3CCC12C. The first-order valence-corrected chi connectivity index (χ1v) is 13.7. The van der Waals surface area contributed by atoms with Crippen molar-refractivity contribution in [3.05, 3.63) is 33.9 Å². The second-order valence-electron chi connectivity index (χ2n) is 12.6. The molecule has 3 fully saturated rings. The first kappa shape index (κ1) is 24.0. The zero-order chi connectivity index (χ0) is 25.2. The molecule has 8 heteroatoms. The van der Waals surface area contributed by atoms with Gasteiger partial charge in [-0.25, -0.2) is 0 Å². The van der Waals surface area contributed by atoms with Crippen molar-refractivity contribution >= 4 is 11.4 Å². The molecule has 1 heterocycles. The van der Waals surface area contributed by atoms with Gasteiger partial charge in [0, 0.05) is 18.3 Å². The van der Waals surface area contributed by atoms with E-state index in [9.17, 15) is 15.2 Å². The van der Waals surface area contributed by atoms with E-state index in [1.54, 1.807) is 6.07 Å². The fourth-order valence-corrected chi connectivity index (χ4v) is 9.17. The highest BCUT2D eigenvalue weighted by atomic mass is 16.9. The zero-order valence-electron chi connectivity index (χ0n) is 21.6. The molecule has 8 atom stereocenters. The van der Waals surface area contributed by atoms with Crippen LogP contribution in [0, 0.1) is 50.5 Å². The number of aliphatic hydroxyl groups excluding tert-OH is 1. The van der Waals surface area contributed by atoms with E-state index in [0.29, 0.717) is 28.7 Å². The average molecular weight is 498 g/mol. The van der Waals surface area contributed by atoms with E-state index >= 15 is 0 Å². The molecule has 3 saturated carbocycles. The summed E-state index contributed by atoms with van der Waals surface area (Å²) in [5.41, 5.74) is 5.06. The summed E-state index contributed by atoms with van der Waals surface area (Å²) in [6.45, 7) is 8.18. The minimum Gasteiger partial charge on any atom is -0.393 e. The van der Waals surface area contributed by atoms with Crippen molar-refractivity contribution in [2.75, 3.05) is 11.9 Å². The Morgan fingerprint density at radius 2 is 1.97 bits per heavy atom. The molecular formula is C28H39N3O5. The molecule has 4 aliphatic carbocycles. The lowest BCUT2D eigenvalue weighted by molar-refractivity contribution is -0.385. The summed E-state index contributed by atoms with van der Waals surface area (Å²) in [5.74, 6) is 3.85. The molecule has 1 aliphatic heterocycles. The molecule has 0 radical (unpaired) electrons. The molecule has 1 aromatic carbocycles. The van der Waals surface area contributed by atoms with E-state index in [0.717, 1.165) is 43.6 Å². The number of anilines is 1. The van der Waals surface area contributed by atoms with Crippen molar-refractivity contribution in [2.24, 2.45) is 40.4 Å². The van der Waals surface area contributed by atoms with Gasteiger partial charge in [0.15, 0.2) is 0 Å². The lowest BCUT2D eigenvalue weighted by Gasteiger charge is -2.58. The highest BCUT2D eigenvalue weighted by molar-refractivity contribution is 5.70. The molecule has 1 aromatic rings. The number of nitro groups is 1. The summed E-state index contributed by atoms with van der Waals surface area (Å²) < 4.78 is 0. The van der Waals surface area contributed by atoms with Crippen molar-refractivity contribution in [1.82, 2.24) is 5.64 Å². The zero-order valence-corrected chi connectivity index (χ0v) is 21.6. The molecule has 0 aromatic heterocycles. The summed E-state index contributed by atoms with van der Waals surface area (Å²) in [7, 11) is 0. The quantitative estimate of drug-likeness (QED) is 0.269. The summed E-state index contributed by atoms with van der Waals surface area (Å²) in [5, 5.41) is 25.1. The van der Waals surface area contributed by atoms with Crippen LogP contribution in [0.3, 0.4) is 0 Å². The number of nitrogens with one attached hydrogen (secondary N) is 2. The van der Waals surface area contributed by atoms with Crippen LogP contribution in [-0.2, 0) is 0 Å². The predicted molar refractivity (Wildman–Crippen MR) is 136 cm³/mol. The van der Waals surface area contributed by atoms with Gasteiger partial charge in [-0.1, -0.05) is 32.4 Å². The van der Waals surface area contributed by atoms with E-state index in [1.165, 1.54) is 43.7 Å². The van der Waals surface area contributed by atoms with E-state index in [-0.39, 0.29) is 23.0 Å². The van der Waals surface area contributed by atoms with Crippen LogP contribution in [-0.4, -0.2) is 22.7 Å². The van der Waals surface area contributed by atoms with Gasteiger partial charge in [-0.05, 0) is 97.9 Å². The number of nitrogens with zero attached hydrogens (tertiary/aromatic N) is 1. The number of nitro benzene ring substituents is 1. The van der Waals surface area contributed by atoms with Gasteiger partial charge in [0.05, 0.1) is 16.7 Å². The Morgan fingerprint density at radius 3 is 2.78 bits per heavy atom. The largest absolute Gasteiger partial charge is 0.393 e. The van der Waals surface area contributed by atoms with Crippen molar-refractivity contribution < 1.29 is 19.7 Å². The summed E-state index contributed by atoms with van der Waals surface area (Å²) in [4.78, 5) is 21.3. The fourth-order valence-electron chi connectivity index (χ4n) is 9.17. The Hall–Kier alpha value is -2.32. The highest BCUT2D eigenvalue weighted by Crippen LogP contribution is 2.67. The van der Waals surface area contributed by atoms with Crippen LogP contribution in [0.25, 0.3) is 0 Å². The number of fused-ring (bicyclic) bond motifs is 6. The lowest BCUT2D eigenvalue weighted by Crippen LogP contribution is -2.51. The maximum Gasteiger partial charge on any atom is 0.317 e. The Morgan fingerprint density at radius 1 is 1.17 bits per heavy atom. The molecule has 196 valence electrons. The molecule has 6 rings (SSSR count). The van der Waals surface area contributed by atoms with Crippen LogP contribution >= 0.6 is 0 Å². The van der Waals surface area contributed by atoms with E-state index in [2.05, 4.69) is 37.8 Å². The number of hydrogen-bond acceptors (Lipinski definition) is 7. The van der Waals surface area contributed by atoms with Crippen molar-refractivity contribution in [2.45, 2.75) is 78.2 Å². The molecule has 3 N–H and O–H groups in total. The smallest absolute Gasteiger partial charge is 0.317 e. The molecule has 0 amide bonds. The van der Waals surface area contributed by atoms with Crippen molar-refractivity contribution in [3.8, 4) is 11.5 Å². The first-order chi connectivity index (χ1) is 17.2. The Labute approximate surface area is 212 Å². The highest BCUT2D eigenvalue weighted by Gasteiger charge is 2.59. The average Bonchev–Trinajstić information content (AvgIpc) is 3.47. The third-order valence-corrected chi connectivity index (χ3v) is 11.0. The van der Waals surface area contributed by atoms with Gasteiger partial charge >= 0.3 is 5.69 Å². The molecule has 8 unspecified atom stereocenters. The first-order valence-electron chi connectivity index (χ1n) is 13.7. The number of hydrogen-bond donors (Lipinski definition) is 3. The van der Waals surface area contributed by atoms with E-state index in [1.807, 2.05) is 0 Å². The molecule has 8 nitrogen and oxygen atoms in total. The maximum atomic E-state index is 11.3.